The number of hydrogen-bond acceptors (Lipinski definition) is 6. The summed E-state index contributed by atoms with van der Waals surface area (Å²) in [7, 11) is 1.83. The van der Waals surface area contributed by atoms with Crippen LogP contribution in [0.3, 0.4) is 0 Å². The predicted octanol–water partition coefficient (Wildman–Crippen LogP) is 2.82. The minimum atomic E-state index is 0.0579. The highest BCUT2D eigenvalue weighted by Crippen LogP contribution is 2.34. The van der Waals surface area contributed by atoms with Gasteiger partial charge in [0.1, 0.15) is 0 Å². The normalized spacial score (nSPS) is 12.3. The van der Waals surface area contributed by atoms with Crippen LogP contribution in [0.25, 0.3) is 11.4 Å². The van der Waals surface area contributed by atoms with Gasteiger partial charge in [0, 0.05) is 19.2 Å². The molecule has 2 heterocycles. The molecular weight excluding hydrogens is 322 g/mol. The van der Waals surface area contributed by atoms with Crippen LogP contribution in [-0.4, -0.2) is 35.0 Å². The lowest BCUT2D eigenvalue weighted by Crippen LogP contribution is -2.05. The highest BCUT2D eigenvalue weighted by Gasteiger charge is 2.20. The van der Waals surface area contributed by atoms with Crippen molar-refractivity contribution >= 4 is 11.8 Å². The summed E-state index contributed by atoms with van der Waals surface area (Å²) in [6, 6.07) is 8.16. The maximum Gasteiger partial charge on any atom is 0.192 e. The molecule has 1 aromatic carbocycles. The van der Waals surface area contributed by atoms with Gasteiger partial charge in [0.25, 0.3) is 0 Å². The van der Waals surface area contributed by atoms with Crippen LogP contribution in [-0.2, 0) is 13.6 Å². The van der Waals surface area contributed by atoms with E-state index < -0.39 is 0 Å². The lowest BCUT2D eigenvalue weighted by atomic mass is 10.1. The Hall–Kier alpha value is -2.48. The lowest BCUT2D eigenvalue weighted by Gasteiger charge is -2.12. The van der Waals surface area contributed by atoms with E-state index in [-0.39, 0.29) is 5.25 Å². The Morgan fingerprint density at radius 3 is 2.71 bits per heavy atom. The first kappa shape index (κ1) is 16.4. The van der Waals surface area contributed by atoms with Crippen molar-refractivity contribution in [3.63, 3.8) is 0 Å². The third kappa shape index (κ3) is 3.09. The Labute approximate surface area is 144 Å². The molecule has 0 bridgehead atoms. The van der Waals surface area contributed by atoms with Crippen LogP contribution in [0.2, 0.25) is 0 Å². The van der Waals surface area contributed by atoms with Crippen LogP contribution in [0.1, 0.15) is 23.6 Å². The molecule has 0 saturated heterocycles. The van der Waals surface area contributed by atoms with Gasteiger partial charge in [0.05, 0.1) is 5.25 Å². The number of tetrazole rings is 1. The first-order valence-corrected chi connectivity index (χ1v) is 8.48. The van der Waals surface area contributed by atoms with Gasteiger partial charge in [-0.3, -0.25) is 4.57 Å². The monoisotopic (exact) mass is 341 g/mol. The van der Waals surface area contributed by atoms with Gasteiger partial charge >= 0.3 is 0 Å². The molecule has 0 radical (unpaired) electrons. The minimum absolute atomic E-state index is 0.0579. The van der Waals surface area contributed by atoms with Crippen LogP contribution in [0, 0.1) is 6.92 Å². The first-order valence-electron chi connectivity index (χ1n) is 7.60. The molecule has 24 heavy (non-hydrogen) atoms. The fourth-order valence-corrected chi connectivity index (χ4v) is 3.48. The van der Waals surface area contributed by atoms with E-state index in [2.05, 4.69) is 62.8 Å². The summed E-state index contributed by atoms with van der Waals surface area (Å²) in [5, 5.41) is 21.3. The number of aromatic nitrogens is 7. The first-order chi connectivity index (χ1) is 11.6. The fourth-order valence-electron chi connectivity index (χ4n) is 2.48. The molecule has 124 valence electrons. The summed E-state index contributed by atoms with van der Waals surface area (Å²) >= 11 is 1.58. The van der Waals surface area contributed by atoms with Crippen LogP contribution >= 0.6 is 11.8 Å². The Morgan fingerprint density at radius 1 is 1.25 bits per heavy atom. The summed E-state index contributed by atoms with van der Waals surface area (Å²) in [6.07, 6.45) is 1.85. The topological polar surface area (TPSA) is 74.3 Å². The zero-order valence-electron chi connectivity index (χ0n) is 13.9. The molecule has 0 aliphatic carbocycles. The van der Waals surface area contributed by atoms with E-state index in [1.165, 1.54) is 0 Å². The molecule has 0 N–H and O–H groups in total. The van der Waals surface area contributed by atoms with Gasteiger partial charge in [-0.2, -0.15) is 0 Å². The molecule has 0 spiro atoms. The van der Waals surface area contributed by atoms with Crippen molar-refractivity contribution in [3.8, 4) is 11.4 Å². The predicted molar refractivity (Wildman–Crippen MR) is 93.5 cm³/mol. The van der Waals surface area contributed by atoms with Crippen molar-refractivity contribution < 1.29 is 0 Å². The quantitative estimate of drug-likeness (QED) is 0.507. The van der Waals surface area contributed by atoms with E-state index in [1.807, 2.05) is 25.3 Å². The van der Waals surface area contributed by atoms with Crippen molar-refractivity contribution in [3.05, 3.63) is 48.3 Å². The van der Waals surface area contributed by atoms with Gasteiger partial charge in [-0.1, -0.05) is 42.1 Å². The number of nitrogens with zero attached hydrogens (tertiary/aromatic N) is 7. The van der Waals surface area contributed by atoms with E-state index in [1.54, 1.807) is 16.4 Å². The number of aryl methyl sites for hydroxylation is 2. The SMILES string of the molecule is C=CCn1c(SC(C)c2nnnn2C)nnc1-c1ccccc1C. The Balaban J connectivity index is 1.96. The second-order valence-corrected chi connectivity index (χ2v) is 6.75. The molecule has 8 heteroatoms. The number of hydrogen-bond donors (Lipinski definition) is 0. The molecular formula is C16H19N7S. The second-order valence-electron chi connectivity index (χ2n) is 5.44. The van der Waals surface area contributed by atoms with Crippen molar-refractivity contribution in [1.82, 2.24) is 35.0 Å². The molecule has 3 rings (SSSR count). The third-order valence-corrected chi connectivity index (χ3v) is 4.79. The van der Waals surface area contributed by atoms with Crippen LogP contribution in [0.4, 0.5) is 0 Å². The smallest absolute Gasteiger partial charge is 0.192 e. The maximum absolute atomic E-state index is 4.41. The zero-order chi connectivity index (χ0) is 17.1. The zero-order valence-corrected chi connectivity index (χ0v) is 14.7. The van der Waals surface area contributed by atoms with E-state index in [0.29, 0.717) is 6.54 Å². The molecule has 0 fully saturated rings. The third-order valence-electron chi connectivity index (χ3n) is 3.71. The number of allylic oxidation sites excluding steroid dienone is 1. The summed E-state index contributed by atoms with van der Waals surface area (Å²) in [5.74, 6) is 1.64. The molecule has 7 nitrogen and oxygen atoms in total. The Bertz CT molecular complexity index is 852. The van der Waals surface area contributed by atoms with E-state index >= 15 is 0 Å². The Morgan fingerprint density at radius 2 is 2.04 bits per heavy atom. The number of rotatable bonds is 6. The summed E-state index contributed by atoms with van der Waals surface area (Å²) in [5.41, 5.74) is 2.24. The fraction of sp³-hybridized carbons (Fsp3) is 0.312. The molecule has 0 aliphatic heterocycles. The molecule has 3 aromatic rings. The largest absolute Gasteiger partial charge is 0.298 e. The highest BCUT2D eigenvalue weighted by atomic mass is 32.2. The molecule has 2 aromatic heterocycles. The van der Waals surface area contributed by atoms with Crippen LogP contribution < -0.4 is 0 Å². The maximum atomic E-state index is 4.41. The van der Waals surface area contributed by atoms with Gasteiger partial charge in [0.15, 0.2) is 16.8 Å². The van der Waals surface area contributed by atoms with E-state index in [9.17, 15) is 0 Å². The van der Waals surface area contributed by atoms with Gasteiger partial charge in [-0.15, -0.1) is 21.9 Å². The number of benzene rings is 1. The van der Waals surface area contributed by atoms with Crippen LogP contribution in [0.15, 0.2) is 42.1 Å². The van der Waals surface area contributed by atoms with Crippen molar-refractivity contribution in [2.75, 3.05) is 0 Å². The summed E-state index contributed by atoms with van der Waals surface area (Å²) < 4.78 is 3.74. The van der Waals surface area contributed by atoms with Gasteiger partial charge in [-0.25, -0.2) is 4.68 Å². The molecule has 1 unspecified atom stereocenters. The molecule has 0 amide bonds. The molecule has 0 saturated carbocycles. The van der Waals surface area contributed by atoms with Crippen molar-refractivity contribution in [2.24, 2.45) is 7.05 Å². The van der Waals surface area contributed by atoms with Gasteiger partial charge in [0.2, 0.25) is 0 Å². The van der Waals surface area contributed by atoms with Crippen molar-refractivity contribution in [2.45, 2.75) is 30.8 Å². The Kier molecular flexibility index (Phi) is 4.75. The van der Waals surface area contributed by atoms with Gasteiger partial charge < -0.3 is 0 Å². The number of thioether (sulfide) groups is 1. The van der Waals surface area contributed by atoms with Crippen LogP contribution in [0.5, 0.6) is 0 Å². The highest BCUT2D eigenvalue weighted by molar-refractivity contribution is 7.99. The van der Waals surface area contributed by atoms with E-state index in [0.717, 1.165) is 27.9 Å². The minimum Gasteiger partial charge on any atom is -0.298 e. The summed E-state index contributed by atoms with van der Waals surface area (Å²) in [4.78, 5) is 0. The molecule has 1 atom stereocenters. The standard InChI is InChI=1S/C16H19N7S/c1-5-10-23-15(13-9-7-6-8-11(13)2)17-19-16(23)24-12(3)14-18-20-21-22(14)4/h5-9,12H,1,10H2,2-4H3. The van der Waals surface area contributed by atoms with Gasteiger partial charge in [-0.05, 0) is 29.8 Å². The summed E-state index contributed by atoms with van der Waals surface area (Å²) in [6.45, 7) is 8.62. The van der Waals surface area contributed by atoms with Crippen molar-refractivity contribution in [1.29, 1.82) is 0 Å². The van der Waals surface area contributed by atoms with E-state index in [4.69, 9.17) is 0 Å². The second kappa shape index (κ2) is 6.96. The average molecular weight is 341 g/mol. The average Bonchev–Trinajstić information content (AvgIpc) is 3.15. The molecule has 0 aliphatic rings. The lowest BCUT2D eigenvalue weighted by molar-refractivity contribution is 0.676.